The SMILES string of the molecule is COC(=O)c1ccc(S(=O)(=O)NC2CCNC(C)C2)c(OC)c1.Cl. The van der Waals surface area contributed by atoms with Gasteiger partial charge in [0, 0.05) is 12.1 Å². The van der Waals surface area contributed by atoms with Crippen LogP contribution in [-0.4, -0.2) is 47.2 Å². The van der Waals surface area contributed by atoms with Crippen molar-refractivity contribution in [1.82, 2.24) is 10.0 Å². The van der Waals surface area contributed by atoms with E-state index >= 15 is 0 Å². The molecule has 2 atom stereocenters. The number of ether oxygens (including phenoxy) is 2. The summed E-state index contributed by atoms with van der Waals surface area (Å²) in [7, 11) is -1.10. The topological polar surface area (TPSA) is 93.7 Å². The highest BCUT2D eigenvalue weighted by Crippen LogP contribution is 2.26. The van der Waals surface area contributed by atoms with Gasteiger partial charge < -0.3 is 14.8 Å². The van der Waals surface area contributed by atoms with Crippen molar-refractivity contribution in [3.05, 3.63) is 23.8 Å². The molecule has 0 saturated carbocycles. The van der Waals surface area contributed by atoms with Crippen LogP contribution in [-0.2, 0) is 14.8 Å². The minimum Gasteiger partial charge on any atom is -0.495 e. The zero-order valence-electron chi connectivity index (χ0n) is 13.9. The Morgan fingerprint density at radius 2 is 2.04 bits per heavy atom. The smallest absolute Gasteiger partial charge is 0.337 e. The second-order valence-corrected chi connectivity index (χ2v) is 7.24. The molecule has 0 aromatic heterocycles. The molecule has 0 amide bonds. The van der Waals surface area contributed by atoms with E-state index in [0.717, 1.165) is 19.4 Å². The third kappa shape index (κ3) is 4.83. The summed E-state index contributed by atoms with van der Waals surface area (Å²) in [6.07, 6.45) is 1.45. The minimum absolute atomic E-state index is 0. The zero-order valence-corrected chi connectivity index (χ0v) is 15.5. The number of nitrogens with one attached hydrogen (secondary N) is 2. The molecule has 2 N–H and O–H groups in total. The van der Waals surface area contributed by atoms with E-state index in [9.17, 15) is 13.2 Å². The maximum atomic E-state index is 12.6. The average molecular weight is 379 g/mol. The molecule has 24 heavy (non-hydrogen) atoms. The van der Waals surface area contributed by atoms with Gasteiger partial charge in [-0.15, -0.1) is 12.4 Å². The Kier molecular flexibility index (Phi) is 7.47. The predicted molar refractivity (Wildman–Crippen MR) is 92.4 cm³/mol. The number of esters is 1. The minimum atomic E-state index is -3.73. The number of piperidine rings is 1. The fourth-order valence-corrected chi connectivity index (χ4v) is 4.09. The van der Waals surface area contributed by atoms with Crippen LogP contribution in [0.25, 0.3) is 0 Å². The monoisotopic (exact) mass is 378 g/mol. The Morgan fingerprint density at radius 1 is 1.33 bits per heavy atom. The normalized spacial score (nSPS) is 20.8. The van der Waals surface area contributed by atoms with Crippen molar-refractivity contribution >= 4 is 28.4 Å². The molecule has 136 valence electrons. The lowest BCUT2D eigenvalue weighted by Crippen LogP contribution is -2.46. The molecular weight excluding hydrogens is 356 g/mol. The molecule has 2 unspecified atom stereocenters. The van der Waals surface area contributed by atoms with Crippen LogP contribution in [0.2, 0.25) is 0 Å². The molecule has 1 fully saturated rings. The lowest BCUT2D eigenvalue weighted by atomic mass is 10.0. The molecule has 0 radical (unpaired) electrons. The molecule has 1 aromatic carbocycles. The van der Waals surface area contributed by atoms with Crippen LogP contribution in [0.1, 0.15) is 30.1 Å². The molecule has 9 heteroatoms. The Bertz CT molecular complexity index is 680. The van der Waals surface area contributed by atoms with Gasteiger partial charge in [0.15, 0.2) is 0 Å². The maximum absolute atomic E-state index is 12.6. The van der Waals surface area contributed by atoms with Crippen molar-refractivity contribution in [3.63, 3.8) is 0 Å². The zero-order chi connectivity index (χ0) is 17.0. The molecule has 0 aliphatic carbocycles. The highest BCUT2D eigenvalue weighted by atomic mass is 35.5. The lowest BCUT2D eigenvalue weighted by molar-refractivity contribution is 0.0600. The van der Waals surface area contributed by atoms with Gasteiger partial charge >= 0.3 is 5.97 Å². The number of benzene rings is 1. The van der Waals surface area contributed by atoms with Crippen LogP contribution in [0.4, 0.5) is 0 Å². The number of halogens is 1. The Balaban J connectivity index is 0.00000288. The summed E-state index contributed by atoms with van der Waals surface area (Å²) in [4.78, 5) is 11.6. The fraction of sp³-hybridized carbons (Fsp3) is 0.533. The summed E-state index contributed by atoms with van der Waals surface area (Å²) in [5.41, 5.74) is 0.235. The van der Waals surface area contributed by atoms with E-state index in [1.54, 1.807) is 0 Å². The van der Waals surface area contributed by atoms with E-state index < -0.39 is 16.0 Å². The van der Waals surface area contributed by atoms with E-state index in [1.165, 1.54) is 32.4 Å². The van der Waals surface area contributed by atoms with E-state index in [4.69, 9.17) is 4.74 Å². The van der Waals surface area contributed by atoms with Crippen molar-refractivity contribution in [2.24, 2.45) is 0 Å². The van der Waals surface area contributed by atoms with Crippen LogP contribution in [0.5, 0.6) is 5.75 Å². The van der Waals surface area contributed by atoms with Gasteiger partial charge in [0.2, 0.25) is 10.0 Å². The van der Waals surface area contributed by atoms with Crippen LogP contribution >= 0.6 is 12.4 Å². The van der Waals surface area contributed by atoms with E-state index in [2.05, 4.69) is 14.8 Å². The van der Waals surface area contributed by atoms with Crippen LogP contribution < -0.4 is 14.8 Å². The van der Waals surface area contributed by atoms with Crippen LogP contribution in [0.15, 0.2) is 23.1 Å². The highest BCUT2D eigenvalue weighted by molar-refractivity contribution is 7.89. The first-order chi connectivity index (χ1) is 10.9. The standard InChI is InChI=1S/C15H22N2O5S.ClH/c1-10-8-12(6-7-16-10)17-23(19,20)14-5-4-11(15(18)22-3)9-13(14)21-2;/h4-5,9-10,12,16-17H,6-8H2,1-3H3;1H. The van der Waals surface area contributed by atoms with Gasteiger partial charge in [-0.3, -0.25) is 0 Å². The van der Waals surface area contributed by atoms with Gasteiger partial charge in [-0.25, -0.2) is 17.9 Å². The van der Waals surface area contributed by atoms with Gasteiger partial charge in [0.1, 0.15) is 10.6 Å². The first-order valence-electron chi connectivity index (χ1n) is 7.39. The Labute approximate surface area is 148 Å². The van der Waals surface area contributed by atoms with Gasteiger partial charge in [0.25, 0.3) is 0 Å². The van der Waals surface area contributed by atoms with Crippen molar-refractivity contribution in [2.75, 3.05) is 20.8 Å². The third-order valence-electron chi connectivity index (χ3n) is 3.82. The van der Waals surface area contributed by atoms with Crippen LogP contribution in [0, 0.1) is 0 Å². The molecule has 2 rings (SSSR count). The highest BCUT2D eigenvalue weighted by Gasteiger charge is 2.27. The first kappa shape index (κ1) is 20.7. The second kappa shape index (κ2) is 8.66. The number of hydrogen-bond donors (Lipinski definition) is 2. The van der Waals surface area contributed by atoms with Crippen molar-refractivity contribution < 1.29 is 22.7 Å². The number of sulfonamides is 1. The van der Waals surface area contributed by atoms with E-state index in [-0.39, 0.29) is 40.7 Å². The number of carbonyl (C=O) groups is 1. The summed E-state index contributed by atoms with van der Waals surface area (Å²) in [6, 6.07) is 4.28. The largest absolute Gasteiger partial charge is 0.495 e. The molecule has 1 aliphatic rings. The average Bonchev–Trinajstić information content (AvgIpc) is 2.53. The number of rotatable bonds is 5. The third-order valence-corrected chi connectivity index (χ3v) is 5.38. The summed E-state index contributed by atoms with van der Waals surface area (Å²) in [6.45, 7) is 2.79. The second-order valence-electron chi connectivity index (χ2n) is 5.55. The fourth-order valence-electron chi connectivity index (χ4n) is 2.66. The molecular formula is C15H23ClN2O5S. The molecule has 1 heterocycles. The molecule has 1 aliphatic heterocycles. The van der Waals surface area contributed by atoms with Gasteiger partial charge in [-0.1, -0.05) is 0 Å². The van der Waals surface area contributed by atoms with Gasteiger partial charge in [-0.05, 0) is 44.5 Å². The number of hydrogen-bond acceptors (Lipinski definition) is 6. The molecule has 0 bridgehead atoms. The number of carbonyl (C=O) groups excluding carboxylic acids is 1. The first-order valence-corrected chi connectivity index (χ1v) is 8.87. The summed E-state index contributed by atoms with van der Waals surface area (Å²) in [5.74, 6) is -0.435. The molecule has 1 saturated heterocycles. The van der Waals surface area contributed by atoms with Crippen molar-refractivity contribution in [2.45, 2.75) is 36.7 Å². The number of methoxy groups -OCH3 is 2. The summed E-state index contributed by atoms with van der Waals surface area (Å²) in [5, 5.41) is 3.28. The molecule has 1 aromatic rings. The van der Waals surface area contributed by atoms with Gasteiger partial charge in [-0.2, -0.15) is 0 Å². The van der Waals surface area contributed by atoms with E-state index in [0.29, 0.717) is 0 Å². The van der Waals surface area contributed by atoms with Gasteiger partial charge in [0.05, 0.1) is 19.8 Å². The maximum Gasteiger partial charge on any atom is 0.337 e. The van der Waals surface area contributed by atoms with Crippen molar-refractivity contribution in [3.8, 4) is 5.75 Å². The van der Waals surface area contributed by atoms with Crippen LogP contribution in [0.3, 0.4) is 0 Å². The Morgan fingerprint density at radius 3 is 2.62 bits per heavy atom. The van der Waals surface area contributed by atoms with Crippen molar-refractivity contribution in [1.29, 1.82) is 0 Å². The quantitative estimate of drug-likeness (QED) is 0.750. The molecule has 7 nitrogen and oxygen atoms in total. The van der Waals surface area contributed by atoms with E-state index in [1.807, 2.05) is 6.92 Å². The predicted octanol–water partition coefficient (Wildman–Crippen LogP) is 1.32. The Hall–Kier alpha value is -1.35. The lowest BCUT2D eigenvalue weighted by Gasteiger charge is -2.28. The summed E-state index contributed by atoms with van der Waals surface area (Å²) >= 11 is 0. The summed E-state index contributed by atoms with van der Waals surface area (Å²) < 4.78 is 37.7. The molecule has 0 spiro atoms.